The van der Waals surface area contributed by atoms with Crippen LogP contribution < -0.4 is 0 Å². The predicted octanol–water partition coefficient (Wildman–Crippen LogP) is 1.25. The van der Waals surface area contributed by atoms with Crippen LogP contribution in [-0.4, -0.2) is 33.4 Å². The minimum atomic E-state index is -3.41. The van der Waals surface area contributed by atoms with Crippen LogP contribution in [-0.2, 0) is 23.8 Å². The number of hydrogen-bond acceptors (Lipinski definition) is 5. The summed E-state index contributed by atoms with van der Waals surface area (Å²) in [6.45, 7) is 6.89. The standard InChI is InChI=1S/C10H18O5S/c1-4-8-16(12,13)15-7-5-6-14-10(11)9(2)3/h2,4-8H2,1,3H3. The monoisotopic (exact) mass is 250 g/mol. The molecule has 0 amide bonds. The van der Waals surface area contributed by atoms with Crippen molar-refractivity contribution in [3.63, 3.8) is 0 Å². The maximum absolute atomic E-state index is 11.1. The van der Waals surface area contributed by atoms with E-state index in [-0.39, 0.29) is 19.0 Å². The van der Waals surface area contributed by atoms with Crippen LogP contribution in [0.5, 0.6) is 0 Å². The fraction of sp³-hybridized carbons (Fsp3) is 0.700. The largest absolute Gasteiger partial charge is 0.462 e. The summed E-state index contributed by atoms with van der Waals surface area (Å²) >= 11 is 0. The molecule has 0 fully saturated rings. The van der Waals surface area contributed by atoms with Crippen molar-refractivity contribution in [3.8, 4) is 0 Å². The number of hydrogen-bond donors (Lipinski definition) is 0. The minimum absolute atomic E-state index is 0.0125. The van der Waals surface area contributed by atoms with Gasteiger partial charge >= 0.3 is 5.97 Å². The summed E-state index contributed by atoms with van der Waals surface area (Å²) in [5, 5.41) is 0. The van der Waals surface area contributed by atoms with Crippen molar-refractivity contribution in [1.29, 1.82) is 0 Å². The molecule has 0 bridgehead atoms. The highest BCUT2D eigenvalue weighted by molar-refractivity contribution is 7.86. The summed E-state index contributed by atoms with van der Waals surface area (Å²) in [4.78, 5) is 10.9. The summed E-state index contributed by atoms with van der Waals surface area (Å²) in [7, 11) is -3.41. The Balaban J connectivity index is 3.62. The third-order valence-corrected chi connectivity index (χ3v) is 3.02. The van der Waals surface area contributed by atoms with E-state index in [9.17, 15) is 13.2 Å². The topological polar surface area (TPSA) is 69.7 Å². The van der Waals surface area contributed by atoms with Crippen molar-refractivity contribution in [2.45, 2.75) is 26.7 Å². The van der Waals surface area contributed by atoms with E-state index in [0.29, 0.717) is 18.4 Å². The van der Waals surface area contributed by atoms with Crippen LogP contribution in [0.3, 0.4) is 0 Å². The number of rotatable bonds is 8. The Morgan fingerprint density at radius 1 is 1.31 bits per heavy atom. The van der Waals surface area contributed by atoms with Crippen molar-refractivity contribution < 1.29 is 22.1 Å². The summed E-state index contributed by atoms with van der Waals surface area (Å²) < 4.78 is 31.6. The molecule has 5 nitrogen and oxygen atoms in total. The number of esters is 1. The molecule has 0 N–H and O–H groups in total. The van der Waals surface area contributed by atoms with Crippen LogP contribution in [0.2, 0.25) is 0 Å². The second kappa shape index (κ2) is 7.40. The molecule has 16 heavy (non-hydrogen) atoms. The lowest BCUT2D eigenvalue weighted by atomic mass is 10.4. The lowest BCUT2D eigenvalue weighted by Gasteiger charge is -2.05. The Labute approximate surface area is 96.6 Å². The fourth-order valence-corrected chi connectivity index (χ4v) is 1.83. The van der Waals surface area contributed by atoms with Crippen LogP contribution in [0.4, 0.5) is 0 Å². The van der Waals surface area contributed by atoms with Gasteiger partial charge in [0, 0.05) is 12.0 Å². The van der Waals surface area contributed by atoms with Crippen LogP contribution in [0.25, 0.3) is 0 Å². The summed E-state index contributed by atoms with van der Waals surface area (Å²) in [5.41, 5.74) is 0.319. The number of carbonyl (C=O) groups is 1. The lowest BCUT2D eigenvalue weighted by molar-refractivity contribution is -0.139. The van der Waals surface area contributed by atoms with E-state index in [1.54, 1.807) is 13.8 Å². The van der Waals surface area contributed by atoms with E-state index in [1.807, 2.05) is 0 Å². The van der Waals surface area contributed by atoms with E-state index >= 15 is 0 Å². The Kier molecular flexibility index (Phi) is 7.00. The van der Waals surface area contributed by atoms with E-state index in [0.717, 1.165) is 0 Å². The third kappa shape index (κ3) is 7.42. The Hall–Kier alpha value is -0.880. The van der Waals surface area contributed by atoms with Gasteiger partial charge < -0.3 is 4.74 Å². The van der Waals surface area contributed by atoms with E-state index in [2.05, 4.69) is 10.8 Å². The van der Waals surface area contributed by atoms with Crippen LogP contribution in [0.15, 0.2) is 12.2 Å². The molecule has 0 radical (unpaired) electrons. The first kappa shape index (κ1) is 15.1. The fourth-order valence-electron chi connectivity index (χ4n) is 0.842. The minimum Gasteiger partial charge on any atom is -0.462 e. The van der Waals surface area contributed by atoms with Crippen molar-refractivity contribution >= 4 is 16.1 Å². The second-order valence-corrected chi connectivity index (χ2v) is 5.11. The zero-order valence-corrected chi connectivity index (χ0v) is 10.5. The van der Waals surface area contributed by atoms with Gasteiger partial charge in [0.05, 0.1) is 19.0 Å². The normalized spacial score (nSPS) is 11.1. The van der Waals surface area contributed by atoms with Gasteiger partial charge in [0.15, 0.2) is 0 Å². The quantitative estimate of drug-likeness (QED) is 0.281. The molecule has 0 heterocycles. The van der Waals surface area contributed by atoms with Gasteiger partial charge in [-0.15, -0.1) is 0 Å². The molecule has 0 aromatic heterocycles. The summed E-state index contributed by atoms with van der Waals surface area (Å²) in [6, 6.07) is 0. The van der Waals surface area contributed by atoms with Gasteiger partial charge in [-0.3, -0.25) is 4.18 Å². The Bertz CT molecular complexity index is 331. The molecule has 0 saturated heterocycles. The molecule has 0 aliphatic heterocycles. The number of carbonyl (C=O) groups excluding carboxylic acids is 1. The highest BCUT2D eigenvalue weighted by atomic mass is 32.2. The average molecular weight is 250 g/mol. The first-order valence-electron chi connectivity index (χ1n) is 5.08. The van der Waals surface area contributed by atoms with Crippen molar-refractivity contribution in [3.05, 3.63) is 12.2 Å². The van der Waals surface area contributed by atoms with E-state index in [4.69, 9.17) is 4.74 Å². The zero-order chi connectivity index (χ0) is 12.6. The molecular formula is C10H18O5S. The van der Waals surface area contributed by atoms with Crippen LogP contribution in [0, 0.1) is 0 Å². The molecule has 0 aliphatic carbocycles. The molecule has 0 aromatic rings. The van der Waals surface area contributed by atoms with E-state index in [1.165, 1.54) is 0 Å². The first-order chi connectivity index (χ1) is 7.39. The molecule has 0 atom stereocenters. The zero-order valence-electron chi connectivity index (χ0n) is 9.69. The van der Waals surface area contributed by atoms with Gasteiger partial charge in [0.1, 0.15) is 0 Å². The number of ether oxygens (including phenoxy) is 1. The molecule has 0 aromatic carbocycles. The maximum Gasteiger partial charge on any atom is 0.333 e. The second-order valence-electron chi connectivity index (χ2n) is 3.35. The van der Waals surface area contributed by atoms with Gasteiger partial charge in [0.2, 0.25) is 0 Å². The smallest absolute Gasteiger partial charge is 0.333 e. The Morgan fingerprint density at radius 2 is 1.94 bits per heavy atom. The molecule has 6 heteroatoms. The Morgan fingerprint density at radius 3 is 2.44 bits per heavy atom. The highest BCUT2D eigenvalue weighted by Gasteiger charge is 2.09. The predicted molar refractivity (Wildman–Crippen MR) is 60.4 cm³/mol. The summed E-state index contributed by atoms with van der Waals surface area (Å²) in [6.07, 6.45) is 0.870. The van der Waals surface area contributed by atoms with Crippen LogP contribution in [0.1, 0.15) is 26.7 Å². The molecular weight excluding hydrogens is 232 g/mol. The van der Waals surface area contributed by atoms with Gasteiger partial charge in [-0.25, -0.2) is 4.79 Å². The third-order valence-electron chi connectivity index (χ3n) is 1.59. The highest BCUT2D eigenvalue weighted by Crippen LogP contribution is 1.98. The molecule has 0 aliphatic rings. The van der Waals surface area contributed by atoms with E-state index < -0.39 is 16.1 Å². The molecule has 0 unspecified atom stereocenters. The van der Waals surface area contributed by atoms with Gasteiger partial charge in [0.25, 0.3) is 10.1 Å². The van der Waals surface area contributed by atoms with Gasteiger partial charge in [-0.2, -0.15) is 8.42 Å². The molecule has 0 spiro atoms. The first-order valence-corrected chi connectivity index (χ1v) is 6.66. The molecule has 94 valence electrons. The van der Waals surface area contributed by atoms with Crippen LogP contribution >= 0.6 is 0 Å². The maximum atomic E-state index is 11.1. The lowest BCUT2D eigenvalue weighted by Crippen LogP contribution is -2.13. The summed E-state index contributed by atoms with van der Waals surface area (Å²) in [5.74, 6) is -0.463. The van der Waals surface area contributed by atoms with Crippen molar-refractivity contribution in [2.75, 3.05) is 19.0 Å². The molecule has 0 saturated carbocycles. The van der Waals surface area contributed by atoms with Crippen molar-refractivity contribution in [2.24, 2.45) is 0 Å². The molecule has 0 rings (SSSR count). The van der Waals surface area contributed by atoms with Crippen molar-refractivity contribution in [1.82, 2.24) is 0 Å². The SMILES string of the molecule is C=C(C)C(=O)OCCCOS(=O)(=O)CCC. The van der Waals surface area contributed by atoms with Gasteiger partial charge in [-0.05, 0) is 13.3 Å². The van der Waals surface area contributed by atoms with Gasteiger partial charge in [-0.1, -0.05) is 13.5 Å². The average Bonchev–Trinajstić information content (AvgIpc) is 2.16.